The third-order valence-electron chi connectivity index (χ3n) is 3.80. The molecule has 106 valence electrons. The highest BCUT2D eigenvalue weighted by Gasteiger charge is 2.39. The Kier molecular flexibility index (Phi) is 3.27. The van der Waals surface area contributed by atoms with Crippen LogP contribution in [0.5, 0.6) is 0 Å². The molecule has 3 unspecified atom stereocenters. The predicted octanol–water partition coefficient (Wildman–Crippen LogP) is 1.70. The Bertz CT molecular complexity index is 548. The summed E-state index contributed by atoms with van der Waals surface area (Å²) >= 11 is 0. The number of hydrogen-bond acceptors (Lipinski definition) is 4. The molecule has 7 nitrogen and oxygen atoms in total. The van der Waals surface area contributed by atoms with E-state index in [0.29, 0.717) is 6.61 Å². The highest BCUT2D eigenvalue weighted by molar-refractivity contribution is 5.75. The zero-order chi connectivity index (χ0) is 14.1. The van der Waals surface area contributed by atoms with E-state index in [2.05, 4.69) is 10.6 Å². The van der Waals surface area contributed by atoms with Gasteiger partial charge in [0.1, 0.15) is 6.23 Å². The maximum Gasteiger partial charge on any atom is 0.317 e. The van der Waals surface area contributed by atoms with E-state index >= 15 is 0 Å². The minimum absolute atomic E-state index is 0.0311. The van der Waals surface area contributed by atoms with Crippen molar-refractivity contribution in [2.24, 2.45) is 5.92 Å². The van der Waals surface area contributed by atoms with E-state index in [0.717, 1.165) is 18.4 Å². The van der Waals surface area contributed by atoms with Crippen LogP contribution in [-0.4, -0.2) is 23.8 Å². The number of carbonyl (C=O) groups excluding carboxylic acids is 1. The van der Waals surface area contributed by atoms with Gasteiger partial charge < -0.3 is 15.4 Å². The summed E-state index contributed by atoms with van der Waals surface area (Å²) < 4.78 is 5.58. The lowest BCUT2D eigenvalue weighted by Crippen LogP contribution is -2.58. The zero-order valence-electron chi connectivity index (χ0n) is 10.7. The molecule has 2 saturated heterocycles. The Morgan fingerprint density at radius 1 is 1.35 bits per heavy atom. The van der Waals surface area contributed by atoms with Crippen LogP contribution in [0.1, 0.15) is 24.4 Å². The van der Waals surface area contributed by atoms with Crippen molar-refractivity contribution < 1.29 is 14.5 Å². The van der Waals surface area contributed by atoms with Gasteiger partial charge in [-0.25, -0.2) is 4.79 Å². The second kappa shape index (κ2) is 5.09. The summed E-state index contributed by atoms with van der Waals surface area (Å²) in [7, 11) is 0. The molecule has 0 saturated carbocycles. The van der Waals surface area contributed by atoms with Crippen LogP contribution in [0.4, 0.5) is 10.5 Å². The van der Waals surface area contributed by atoms with E-state index in [1.807, 2.05) is 0 Å². The first-order valence-electron chi connectivity index (χ1n) is 6.58. The van der Waals surface area contributed by atoms with Gasteiger partial charge >= 0.3 is 6.03 Å². The number of hydrogen-bond donors (Lipinski definition) is 2. The lowest BCUT2D eigenvalue weighted by molar-refractivity contribution is -0.385. The van der Waals surface area contributed by atoms with E-state index in [1.165, 1.54) is 12.1 Å². The Morgan fingerprint density at radius 2 is 2.20 bits per heavy atom. The normalized spacial score (nSPS) is 29.0. The topological polar surface area (TPSA) is 93.5 Å². The molecule has 2 amide bonds. The Hall–Kier alpha value is -2.15. The molecule has 7 heteroatoms. The maximum atomic E-state index is 11.7. The number of nitrogens with zero attached hydrogens (tertiary/aromatic N) is 1. The molecule has 2 fully saturated rings. The number of carbonyl (C=O) groups is 1. The number of nitro groups is 1. The molecular weight excluding hydrogens is 262 g/mol. The minimum Gasteiger partial charge on any atom is -0.358 e. The van der Waals surface area contributed by atoms with Gasteiger partial charge in [-0.1, -0.05) is 12.1 Å². The molecule has 2 N–H and O–H groups in total. The van der Waals surface area contributed by atoms with Crippen LogP contribution in [0.25, 0.3) is 0 Å². The molecule has 0 aliphatic carbocycles. The standard InChI is InChI=1S/C13H15N3O4/c17-13-14-11(10-5-2-6-20-12(10)15-13)8-3-1-4-9(7-8)16(18)19/h1,3-4,7,10-12H,2,5-6H2,(H2,14,15,17). The molecule has 0 radical (unpaired) electrons. The molecule has 2 aliphatic rings. The molecule has 0 spiro atoms. The summed E-state index contributed by atoms with van der Waals surface area (Å²) in [6.07, 6.45) is 1.51. The van der Waals surface area contributed by atoms with Gasteiger partial charge in [-0.2, -0.15) is 0 Å². The first kappa shape index (κ1) is 12.9. The summed E-state index contributed by atoms with van der Waals surface area (Å²) in [6, 6.07) is 5.84. The highest BCUT2D eigenvalue weighted by atomic mass is 16.6. The van der Waals surface area contributed by atoms with E-state index in [-0.39, 0.29) is 29.9 Å². The first-order valence-corrected chi connectivity index (χ1v) is 6.58. The molecular formula is C13H15N3O4. The van der Waals surface area contributed by atoms with Gasteiger partial charge in [0.2, 0.25) is 0 Å². The second-order valence-electron chi connectivity index (χ2n) is 5.05. The average molecular weight is 277 g/mol. The Labute approximate surface area is 115 Å². The van der Waals surface area contributed by atoms with E-state index in [9.17, 15) is 14.9 Å². The fourth-order valence-corrected chi connectivity index (χ4v) is 2.88. The molecule has 2 aliphatic heterocycles. The van der Waals surface area contributed by atoms with Gasteiger partial charge in [-0.3, -0.25) is 10.1 Å². The summed E-state index contributed by atoms with van der Waals surface area (Å²) in [6.45, 7) is 0.628. The second-order valence-corrected chi connectivity index (χ2v) is 5.05. The zero-order valence-corrected chi connectivity index (χ0v) is 10.7. The lowest BCUT2D eigenvalue weighted by Gasteiger charge is -2.41. The average Bonchev–Trinajstić information content (AvgIpc) is 2.46. The van der Waals surface area contributed by atoms with Gasteiger partial charge in [0.05, 0.1) is 11.0 Å². The summed E-state index contributed by atoms with van der Waals surface area (Å²) in [4.78, 5) is 22.1. The number of rotatable bonds is 2. The first-order chi connectivity index (χ1) is 9.65. The number of benzene rings is 1. The quantitative estimate of drug-likeness (QED) is 0.635. The van der Waals surface area contributed by atoms with Crippen LogP contribution in [0.15, 0.2) is 24.3 Å². The van der Waals surface area contributed by atoms with Crippen LogP contribution >= 0.6 is 0 Å². The van der Waals surface area contributed by atoms with Crippen molar-refractivity contribution >= 4 is 11.7 Å². The molecule has 20 heavy (non-hydrogen) atoms. The summed E-state index contributed by atoms with van der Waals surface area (Å²) in [5.74, 6) is 0.0865. The lowest BCUT2D eigenvalue weighted by atomic mass is 9.85. The molecule has 2 heterocycles. The summed E-state index contributed by atoms with van der Waals surface area (Å²) in [5.41, 5.74) is 0.776. The van der Waals surface area contributed by atoms with Crippen molar-refractivity contribution in [3.05, 3.63) is 39.9 Å². The van der Waals surface area contributed by atoms with Crippen LogP contribution < -0.4 is 10.6 Å². The fraction of sp³-hybridized carbons (Fsp3) is 0.462. The molecule has 3 atom stereocenters. The van der Waals surface area contributed by atoms with Gasteiger partial charge in [0.25, 0.3) is 5.69 Å². The highest BCUT2D eigenvalue weighted by Crippen LogP contribution is 2.35. The Morgan fingerprint density at radius 3 is 3.00 bits per heavy atom. The van der Waals surface area contributed by atoms with Crippen molar-refractivity contribution in [3.63, 3.8) is 0 Å². The van der Waals surface area contributed by atoms with Gasteiger partial charge in [-0.15, -0.1) is 0 Å². The van der Waals surface area contributed by atoms with Crippen molar-refractivity contribution in [2.45, 2.75) is 25.1 Å². The third-order valence-corrected chi connectivity index (χ3v) is 3.80. The van der Waals surface area contributed by atoms with E-state index < -0.39 is 4.92 Å². The number of ether oxygens (including phenoxy) is 1. The van der Waals surface area contributed by atoms with Crippen LogP contribution in [0, 0.1) is 16.0 Å². The van der Waals surface area contributed by atoms with E-state index in [1.54, 1.807) is 12.1 Å². The number of nitro benzene ring substituents is 1. The summed E-state index contributed by atoms with van der Waals surface area (Å²) in [5, 5.41) is 16.5. The predicted molar refractivity (Wildman–Crippen MR) is 70.0 cm³/mol. The van der Waals surface area contributed by atoms with Crippen molar-refractivity contribution in [1.29, 1.82) is 0 Å². The van der Waals surface area contributed by atoms with Crippen molar-refractivity contribution in [3.8, 4) is 0 Å². The van der Waals surface area contributed by atoms with Crippen molar-refractivity contribution in [2.75, 3.05) is 6.61 Å². The number of fused-ring (bicyclic) bond motifs is 1. The van der Waals surface area contributed by atoms with Crippen molar-refractivity contribution in [1.82, 2.24) is 10.6 Å². The molecule has 3 rings (SSSR count). The van der Waals surface area contributed by atoms with Gasteiger partial charge in [0, 0.05) is 24.7 Å². The number of non-ortho nitro benzene ring substituents is 1. The Balaban J connectivity index is 1.92. The molecule has 1 aromatic rings. The monoisotopic (exact) mass is 277 g/mol. The number of urea groups is 1. The third kappa shape index (κ3) is 2.32. The molecule has 0 bridgehead atoms. The van der Waals surface area contributed by atoms with Crippen LogP contribution in [0.3, 0.4) is 0 Å². The van der Waals surface area contributed by atoms with Crippen LogP contribution in [-0.2, 0) is 4.74 Å². The fourth-order valence-electron chi connectivity index (χ4n) is 2.88. The largest absolute Gasteiger partial charge is 0.358 e. The maximum absolute atomic E-state index is 11.7. The number of amides is 2. The van der Waals surface area contributed by atoms with Gasteiger partial charge in [0.15, 0.2) is 0 Å². The van der Waals surface area contributed by atoms with Gasteiger partial charge in [-0.05, 0) is 18.4 Å². The SMILES string of the molecule is O=C1NC2OCCCC2C(c2cccc([N+](=O)[O-])c2)N1. The molecule has 0 aromatic heterocycles. The number of nitrogens with one attached hydrogen (secondary N) is 2. The molecule has 1 aromatic carbocycles. The van der Waals surface area contributed by atoms with Crippen LogP contribution in [0.2, 0.25) is 0 Å². The minimum atomic E-state index is -0.429. The van der Waals surface area contributed by atoms with E-state index in [4.69, 9.17) is 4.74 Å². The smallest absolute Gasteiger partial charge is 0.317 e.